The molecule has 0 spiro atoms. The van der Waals surface area contributed by atoms with Crippen LogP contribution in [-0.4, -0.2) is 13.7 Å². The van der Waals surface area contributed by atoms with Crippen LogP contribution in [0.25, 0.3) is 0 Å². The maximum atomic E-state index is 5.18. The molecule has 0 unspecified atom stereocenters. The van der Waals surface area contributed by atoms with E-state index in [2.05, 4.69) is 32.9 Å². The van der Waals surface area contributed by atoms with E-state index in [0.717, 1.165) is 12.2 Å². The molecule has 1 nitrogen and oxygen atoms in total. The highest BCUT2D eigenvalue weighted by molar-refractivity contribution is 5.29. The first-order valence-corrected chi connectivity index (χ1v) is 4.48. The predicted molar refractivity (Wildman–Crippen MR) is 55.8 cm³/mol. The lowest BCUT2D eigenvalue weighted by Crippen LogP contribution is -2.23. The van der Waals surface area contributed by atoms with Crippen molar-refractivity contribution in [3.63, 3.8) is 0 Å². The summed E-state index contributed by atoms with van der Waals surface area (Å²) in [5.41, 5.74) is 2.43. The van der Waals surface area contributed by atoms with Gasteiger partial charge in [-0.1, -0.05) is 38.1 Å². The minimum Gasteiger partial charge on any atom is -0.384 e. The summed E-state index contributed by atoms with van der Waals surface area (Å²) in [5, 5.41) is 0. The molecular weight excluding hydrogens is 160 g/mol. The largest absolute Gasteiger partial charge is 0.384 e. The molecule has 0 aliphatic carbocycles. The zero-order valence-corrected chi connectivity index (χ0v) is 8.63. The summed E-state index contributed by atoms with van der Waals surface area (Å²) in [7, 11) is 1.73. The summed E-state index contributed by atoms with van der Waals surface area (Å²) in [4.78, 5) is 0. The van der Waals surface area contributed by atoms with Crippen LogP contribution in [0.4, 0.5) is 0 Å². The average molecular weight is 177 g/mol. The van der Waals surface area contributed by atoms with Gasteiger partial charge in [0.25, 0.3) is 0 Å². The quantitative estimate of drug-likeness (QED) is 0.690. The average Bonchev–Trinajstić information content (AvgIpc) is 2.05. The molecule has 0 fully saturated rings. The molecule has 1 aromatic rings. The van der Waals surface area contributed by atoms with Gasteiger partial charge in [-0.3, -0.25) is 0 Å². The molecule has 1 aromatic carbocycles. The van der Waals surface area contributed by atoms with Crippen molar-refractivity contribution >= 4 is 0 Å². The monoisotopic (exact) mass is 177 g/mol. The maximum absolute atomic E-state index is 5.18. The van der Waals surface area contributed by atoms with Crippen LogP contribution in [0.3, 0.4) is 0 Å². The van der Waals surface area contributed by atoms with E-state index in [1.807, 2.05) is 12.1 Å². The molecule has 0 atom stereocenters. The second-order valence-corrected chi connectivity index (χ2v) is 4.01. The number of rotatable bonds is 3. The standard InChI is InChI=1S/C12H17O/c1-10-5-7-11(8-6-10)12(2,3)9-13-4/h5-8H,1,9H2,2-4H3. The molecule has 0 bridgehead atoms. The Balaban J connectivity index is 2.87. The van der Waals surface area contributed by atoms with Gasteiger partial charge in [-0.25, -0.2) is 0 Å². The second-order valence-electron chi connectivity index (χ2n) is 4.01. The molecular formula is C12H17O. The van der Waals surface area contributed by atoms with Crippen molar-refractivity contribution in [3.8, 4) is 0 Å². The van der Waals surface area contributed by atoms with Gasteiger partial charge in [0.05, 0.1) is 6.61 Å². The minimum absolute atomic E-state index is 0.0858. The van der Waals surface area contributed by atoms with E-state index in [1.165, 1.54) is 5.56 Å². The topological polar surface area (TPSA) is 9.23 Å². The van der Waals surface area contributed by atoms with Crippen LogP contribution in [0.5, 0.6) is 0 Å². The summed E-state index contributed by atoms with van der Waals surface area (Å²) in [6.45, 7) is 8.95. The SMILES string of the molecule is [CH2]c1ccc(C(C)(C)COC)cc1. The summed E-state index contributed by atoms with van der Waals surface area (Å²) in [6, 6.07) is 8.29. The van der Waals surface area contributed by atoms with Gasteiger partial charge in [-0.2, -0.15) is 0 Å². The van der Waals surface area contributed by atoms with Gasteiger partial charge < -0.3 is 4.74 Å². The first-order valence-electron chi connectivity index (χ1n) is 4.48. The molecule has 13 heavy (non-hydrogen) atoms. The van der Waals surface area contributed by atoms with Gasteiger partial charge >= 0.3 is 0 Å². The van der Waals surface area contributed by atoms with Gasteiger partial charge in [-0.05, 0) is 18.1 Å². The fraction of sp³-hybridized carbons (Fsp3) is 0.417. The Morgan fingerprint density at radius 2 is 1.77 bits per heavy atom. The van der Waals surface area contributed by atoms with E-state index in [9.17, 15) is 0 Å². The van der Waals surface area contributed by atoms with Crippen molar-refractivity contribution < 1.29 is 4.74 Å². The number of benzene rings is 1. The fourth-order valence-corrected chi connectivity index (χ4v) is 1.40. The lowest BCUT2D eigenvalue weighted by molar-refractivity contribution is 0.146. The molecule has 1 rings (SSSR count). The molecule has 0 amide bonds. The third-order valence-electron chi connectivity index (χ3n) is 2.24. The zero-order valence-electron chi connectivity index (χ0n) is 8.63. The number of hydrogen-bond acceptors (Lipinski definition) is 1. The fourth-order valence-electron chi connectivity index (χ4n) is 1.40. The Hall–Kier alpha value is -0.820. The van der Waals surface area contributed by atoms with Gasteiger partial charge in [0.2, 0.25) is 0 Å². The maximum Gasteiger partial charge on any atom is 0.0553 e. The third kappa shape index (κ3) is 2.56. The summed E-state index contributed by atoms with van der Waals surface area (Å²) >= 11 is 0. The van der Waals surface area contributed by atoms with Gasteiger partial charge in [0, 0.05) is 12.5 Å². The van der Waals surface area contributed by atoms with Crippen molar-refractivity contribution in [1.82, 2.24) is 0 Å². The summed E-state index contributed by atoms with van der Waals surface area (Å²) in [5.74, 6) is 0. The third-order valence-corrected chi connectivity index (χ3v) is 2.24. The molecule has 71 valence electrons. The highest BCUT2D eigenvalue weighted by Gasteiger charge is 2.19. The van der Waals surface area contributed by atoms with E-state index >= 15 is 0 Å². The van der Waals surface area contributed by atoms with E-state index in [0.29, 0.717) is 0 Å². The highest BCUT2D eigenvalue weighted by atomic mass is 16.5. The van der Waals surface area contributed by atoms with Crippen molar-refractivity contribution in [2.75, 3.05) is 13.7 Å². The Bertz CT molecular complexity index is 259. The zero-order chi connectivity index (χ0) is 9.90. The Morgan fingerprint density at radius 3 is 2.23 bits per heavy atom. The van der Waals surface area contributed by atoms with Gasteiger partial charge in [-0.15, -0.1) is 0 Å². The molecule has 0 saturated carbocycles. The van der Waals surface area contributed by atoms with E-state index in [4.69, 9.17) is 4.74 Å². The van der Waals surface area contributed by atoms with Crippen LogP contribution in [-0.2, 0) is 10.2 Å². The van der Waals surface area contributed by atoms with E-state index in [-0.39, 0.29) is 5.41 Å². The van der Waals surface area contributed by atoms with Crippen LogP contribution in [0, 0.1) is 6.92 Å². The van der Waals surface area contributed by atoms with Gasteiger partial charge in [0.1, 0.15) is 0 Å². The van der Waals surface area contributed by atoms with Crippen LogP contribution in [0.15, 0.2) is 24.3 Å². The van der Waals surface area contributed by atoms with Crippen LogP contribution < -0.4 is 0 Å². The van der Waals surface area contributed by atoms with E-state index in [1.54, 1.807) is 7.11 Å². The summed E-state index contributed by atoms with van der Waals surface area (Å²) in [6.07, 6.45) is 0. The number of methoxy groups -OCH3 is 1. The predicted octanol–water partition coefficient (Wildman–Crippen LogP) is 2.79. The van der Waals surface area contributed by atoms with Crippen LogP contribution >= 0.6 is 0 Å². The molecule has 0 N–H and O–H groups in total. The second kappa shape index (κ2) is 3.93. The first kappa shape index (κ1) is 10.3. The van der Waals surface area contributed by atoms with Crippen molar-refractivity contribution in [2.45, 2.75) is 19.3 Å². The number of hydrogen-bond donors (Lipinski definition) is 0. The molecule has 0 saturated heterocycles. The molecule has 1 radical (unpaired) electrons. The smallest absolute Gasteiger partial charge is 0.0553 e. The highest BCUT2D eigenvalue weighted by Crippen LogP contribution is 2.23. The van der Waals surface area contributed by atoms with Crippen LogP contribution in [0.1, 0.15) is 25.0 Å². The normalized spacial score (nSPS) is 11.7. The summed E-state index contributed by atoms with van der Waals surface area (Å²) < 4.78 is 5.18. The Labute approximate surface area is 80.7 Å². The van der Waals surface area contributed by atoms with Crippen molar-refractivity contribution in [3.05, 3.63) is 42.3 Å². The van der Waals surface area contributed by atoms with Gasteiger partial charge in [0.15, 0.2) is 0 Å². The Morgan fingerprint density at radius 1 is 1.23 bits per heavy atom. The lowest BCUT2D eigenvalue weighted by atomic mass is 9.85. The first-order chi connectivity index (χ1) is 6.06. The van der Waals surface area contributed by atoms with Crippen molar-refractivity contribution in [1.29, 1.82) is 0 Å². The Kier molecular flexibility index (Phi) is 3.10. The molecule has 1 heteroatoms. The number of ether oxygens (including phenoxy) is 1. The van der Waals surface area contributed by atoms with E-state index < -0.39 is 0 Å². The van der Waals surface area contributed by atoms with Crippen LogP contribution in [0.2, 0.25) is 0 Å². The minimum atomic E-state index is 0.0858. The molecule has 0 aliphatic rings. The molecule has 0 aromatic heterocycles. The molecule has 0 aliphatic heterocycles. The van der Waals surface area contributed by atoms with Crippen molar-refractivity contribution in [2.24, 2.45) is 0 Å². The lowest BCUT2D eigenvalue weighted by Gasteiger charge is -2.24. The molecule has 0 heterocycles.